The third kappa shape index (κ3) is 4.53. The summed E-state index contributed by atoms with van der Waals surface area (Å²) < 4.78 is 0. The summed E-state index contributed by atoms with van der Waals surface area (Å²) in [5, 5.41) is 3.06. The molecular formula is C23H25N3O. The van der Waals surface area contributed by atoms with Crippen molar-refractivity contribution < 1.29 is 4.79 Å². The van der Waals surface area contributed by atoms with Crippen molar-refractivity contribution in [3.05, 3.63) is 79.1 Å². The van der Waals surface area contributed by atoms with Gasteiger partial charge in [-0.1, -0.05) is 44.2 Å². The van der Waals surface area contributed by atoms with Crippen molar-refractivity contribution in [1.82, 2.24) is 4.98 Å². The molecule has 0 saturated carbocycles. The van der Waals surface area contributed by atoms with E-state index in [1.165, 1.54) is 0 Å². The van der Waals surface area contributed by atoms with Gasteiger partial charge < -0.3 is 10.2 Å². The summed E-state index contributed by atoms with van der Waals surface area (Å²) in [7, 11) is 1.96. The van der Waals surface area contributed by atoms with Crippen molar-refractivity contribution in [1.29, 1.82) is 0 Å². The van der Waals surface area contributed by atoms with Crippen molar-refractivity contribution in [2.45, 2.75) is 19.9 Å². The van der Waals surface area contributed by atoms with Gasteiger partial charge in [-0.2, -0.15) is 0 Å². The van der Waals surface area contributed by atoms with E-state index in [1.54, 1.807) is 12.4 Å². The molecule has 138 valence electrons. The van der Waals surface area contributed by atoms with Crippen molar-refractivity contribution in [2.24, 2.45) is 5.92 Å². The van der Waals surface area contributed by atoms with E-state index in [0.717, 1.165) is 22.5 Å². The third-order valence-electron chi connectivity index (χ3n) is 4.65. The number of aromatic nitrogens is 1. The number of hydrogen-bond donors (Lipinski definition) is 1. The van der Waals surface area contributed by atoms with Crippen LogP contribution in [0.2, 0.25) is 0 Å². The highest BCUT2D eigenvalue weighted by molar-refractivity contribution is 5.97. The molecule has 4 heteroatoms. The number of para-hydroxylation sites is 1. The van der Waals surface area contributed by atoms with E-state index in [-0.39, 0.29) is 17.9 Å². The minimum Gasteiger partial charge on any atom is -0.362 e. The molecule has 0 aliphatic heterocycles. The maximum atomic E-state index is 13.0. The summed E-state index contributed by atoms with van der Waals surface area (Å²) in [6, 6.07) is 21.6. The first-order chi connectivity index (χ1) is 13.1. The van der Waals surface area contributed by atoms with E-state index in [2.05, 4.69) is 24.1 Å². The molecule has 0 radical (unpaired) electrons. The average molecular weight is 359 g/mol. The van der Waals surface area contributed by atoms with Crippen molar-refractivity contribution >= 4 is 17.3 Å². The highest BCUT2D eigenvalue weighted by Crippen LogP contribution is 2.23. The lowest BCUT2D eigenvalue weighted by Crippen LogP contribution is -2.45. The molecule has 3 aromatic rings. The first-order valence-electron chi connectivity index (χ1n) is 9.15. The van der Waals surface area contributed by atoms with E-state index in [9.17, 15) is 4.79 Å². The molecule has 2 aromatic carbocycles. The zero-order valence-electron chi connectivity index (χ0n) is 16.0. The molecule has 1 atom stereocenters. The predicted octanol–water partition coefficient (Wildman–Crippen LogP) is 4.85. The van der Waals surface area contributed by atoms with E-state index in [1.807, 2.05) is 78.7 Å². The summed E-state index contributed by atoms with van der Waals surface area (Å²) in [4.78, 5) is 19.0. The monoisotopic (exact) mass is 359 g/mol. The fraction of sp³-hybridized carbons (Fsp3) is 0.217. The summed E-state index contributed by atoms with van der Waals surface area (Å²) >= 11 is 0. The molecule has 0 aliphatic rings. The molecule has 27 heavy (non-hydrogen) atoms. The molecular weight excluding hydrogens is 334 g/mol. The van der Waals surface area contributed by atoms with Crippen molar-refractivity contribution in [2.75, 3.05) is 17.3 Å². The largest absolute Gasteiger partial charge is 0.362 e. The van der Waals surface area contributed by atoms with Crippen molar-refractivity contribution in [3.8, 4) is 11.1 Å². The van der Waals surface area contributed by atoms with Crippen LogP contribution in [0.5, 0.6) is 0 Å². The van der Waals surface area contributed by atoms with Gasteiger partial charge in [0.2, 0.25) is 5.91 Å². The molecule has 3 rings (SSSR count). The number of amides is 1. The van der Waals surface area contributed by atoms with Crippen LogP contribution in [0, 0.1) is 5.92 Å². The van der Waals surface area contributed by atoms with Crippen LogP contribution in [0.1, 0.15) is 13.8 Å². The van der Waals surface area contributed by atoms with Gasteiger partial charge in [0.15, 0.2) is 0 Å². The second-order valence-electron chi connectivity index (χ2n) is 6.94. The van der Waals surface area contributed by atoms with Gasteiger partial charge in [-0.05, 0) is 53.4 Å². The Morgan fingerprint density at radius 3 is 2.07 bits per heavy atom. The smallest absolute Gasteiger partial charge is 0.247 e. The Morgan fingerprint density at radius 1 is 0.889 bits per heavy atom. The number of benzene rings is 2. The SMILES string of the molecule is CC(C)[C@H](C(=O)Nc1ccc(-c2ccncc2)cc1)N(C)c1ccccc1. The first kappa shape index (κ1) is 18.6. The van der Waals surface area contributed by atoms with E-state index >= 15 is 0 Å². The lowest BCUT2D eigenvalue weighted by atomic mass is 10.0. The van der Waals surface area contributed by atoms with Crippen LogP contribution < -0.4 is 10.2 Å². The molecule has 0 saturated heterocycles. The molecule has 0 bridgehead atoms. The number of nitrogens with one attached hydrogen (secondary N) is 1. The highest BCUT2D eigenvalue weighted by atomic mass is 16.2. The fourth-order valence-corrected chi connectivity index (χ4v) is 3.26. The Labute approximate surface area is 160 Å². The van der Waals surface area contributed by atoms with Crippen LogP contribution in [0.3, 0.4) is 0 Å². The van der Waals surface area contributed by atoms with Crippen molar-refractivity contribution in [3.63, 3.8) is 0 Å². The maximum Gasteiger partial charge on any atom is 0.247 e. The Bertz CT molecular complexity index is 861. The van der Waals surface area contributed by atoms with Crippen LogP contribution in [-0.4, -0.2) is 24.0 Å². The Morgan fingerprint density at radius 2 is 1.48 bits per heavy atom. The molecule has 1 amide bonds. The lowest BCUT2D eigenvalue weighted by Gasteiger charge is -2.32. The molecule has 1 heterocycles. The molecule has 0 aliphatic carbocycles. The number of carbonyl (C=O) groups is 1. The van der Waals surface area contributed by atoms with Crippen LogP contribution in [-0.2, 0) is 4.79 Å². The predicted molar refractivity (Wildman–Crippen MR) is 112 cm³/mol. The molecule has 0 fully saturated rings. The van der Waals surface area contributed by atoms with Gasteiger partial charge in [0.1, 0.15) is 6.04 Å². The fourth-order valence-electron chi connectivity index (χ4n) is 3.26. The number of carbonyl (C=O) groups excluding carboxylic acids is 1. The number of anilines is 2. The molecule has 1 N–H and O–H groups in total. The summed E-state index contributed by atoms with van der Waals surface area (Å²) in [6.07, 6.45) is 3.55. The van der Waals surface area contributed by atoms with Gasteiger partial charge >= 0.3 is 0 Å². The summed E-state index contributed by atoms with van der Waals surface area (Å²) in [5.74, 6) is 0.166. The average Bonchev–Trinajstić information content (AvgIpc) is 2.69. The van der Waals surface area contributed by atoms with Gasteiger partial charge in [0.05, 0.1) is 0 Å². The third-order valence-corrected chi connectivity index (χ3v) is 4.65. The number of rotatable bonds is 6. The minimum absolute atomic E-state index is 0.00647. The second kappa shape index (κ2) is 8.49. The van der Waals surface area contributed by atoms with E-state index in [0.29, 0.717) is 0 Å². The number of pyridine rings is 1. The van der Waals surface area contributed by atoms with Gasteiger partial charge in [-0.3, -0.25) is 9.78 Å². The number of nitrogens with zero attached hydrogens (tertiary/aromatic N) is 2. The first-order valence-corrected chi connectivity index (χ1v) is 9.15. The second-order valence-corrected chi connectivity index (χ2v) is 6.94. The van der Waals surface area contributed by atoms with Gasteiger partial charge in [0.25, 0.3) is 0 Å². The summed E-state index contributed by atoms with van der Waals surface area (Å²) in [6.45, 7) is 4.13. The Balaban J connectivity index is 1.74. The number of hydrogen-bond acceptors (Lipinski definition) is 3. The lowest BCUT2D eigenvalue weighted by molar-refractivity contribution is -0.118. The van der Waals surface area contributed by atoms with E-state index in [4.69, 9.17) is 0 Å². The van der Waals surface area contributed by atoms with Crippen LogP contribution in [0.25, 0.3) is 11.1 Å². The standard InChI is InChI=1S/C23H25N3O/c1-17(2)22(26(3)21-7-5-4-6-8-21)23(27)25-20-11-9-18(10-12-20)19-13-15-24-16-14-19/h4-17,22H,1-3H3,(H,25,27)/t22-/m1/s1. The topological polar surface area (TPSA) is 45.2 Å². The van der Waals surface area contributed by atoms with Gasteiger partial charge in [-0.25, -0.2) is 0 Å². The van der Waals surface area contributed by atoms with Crippen LogP contribution >= 0.6 is 0 Å². The van der Waals surface area contributed by atoms with Gasteiger partial charge in [0, 0.05) is 30.8 Å². The summed E-state index contributed by atoms with van der Waals surface area (Å²) in [5.41, 5.74) is 4.02. The zero-order valence-corrected chi connectivity index (χ0v) is 16.0. The quantitative estimate of drug-likeness (QED) is 0.684. The number of likely N-dealkylation sites (N-methyl/N-ethyl adjacent to an activating group) is 1. The molecule has 1 aromatic heterocycles. The maximum absolute atomic E-state index is 13.0. The van der Waals surface area contributed by atoms with Crippen LogP contribution in [0.15, 0.2) is 79.1 Å². The van der Waals surface area contributed by atoms with Gasteiger partial charge in [-0.15, -0.1) is 0 Å². The zero-order chi connectivity index (χ0) is 19.2. The molecule has 4 nitrogen and oxygen atoms in total. The van der Waals surface area contributed by atoms with E-state index < -0.39 is 0 Å². The molecule has 0 spiro atoms. The molecule has 0 unspecified atom stereocenters. The van der Waals surface area contributed by atoms with Crippen LogP contribution in [0.4, 0.5) is 11.4 Å². The Hall–Kier alpha value is -3.14. The highest BCUT2D eigenvalue weighted by Gasteiger charge is 2.27. The Kier molecular flexibility index (Phi) is 5.87. The minimum atomic E-state index is -0.257. The normalized spacial score (nSPS) is 11.9.